The number of carbonyl (C=O) groups excluding carboxylic acids is 1. The minimum absolute atomic E-state index is 0.0120. The van der Waals surface area contributed by atoms with E-state index in [0.717, 1.165) is 5.56 Å². The van der Waals surface area contributed by atoms with Crippen molar-refractivity contribution in [2.45, 2.75) is 11.4 Å². The van der Waals surface area contributed by atoms with Crippen LogP contribution in [0.3, 0.4) is 0 Å². The summed E-state index contributed by atoms with van der Waals surface area (Å²) in [6.45, 7) is 0.321. The van der Waals surface area contributed by atoms with Crippen LogP contribution < -0.4 is 21.0 Å². The SMILES string of the molecule is NCc1ccc(S(=O)(=O)Oc2cccc(NC(N)=O)c2)cc1. The summed E-state index contributed by atoms with van der Waals surface area (Å²) in [4.78, 5) is 10.8. The number of amides is 2. The lowest BCUT2D eigenvalue weighted by Gasteiger charge is -2.09. The molecule has 2 aromatic rings. The van der Waals surface area contributed by atoms with E-state index in [4.69, 9.17) is 15.7 Å². The fraction of sp³-hybridized carbons (Fsp3) is 0.0714. The number of rotatable bonds is 5. The predicted octanol–water partition coefficient (Wildman–Crippen LogP) is 1.40. The predicted molar refractivity (Wildman–Crippen MR) is 81.8 cm³/mol. The third kappa shape index (κ3) is 3.96. The molecule has 0 saturated heterocycles. The zero-order valence-electron chi connectivity index (χ0n) is 11.5. The highest BCUT2D eigenvalue weighted by Crippen LogP contribution is 2.22. The Kier molecular flexibility index (Phi) is 4.64. The normalized spacial score (nSPS) is 11.0. The minimum atomic E-state index is -3.97. The summed E-state index contributed by atoms with van der Waals surface area (Å²) in [5.74, 6) is 0.0640. The first-order chi connectivity index (χ1) is 10.4. The fourth-order valence-corrected chi connectivity index (χ4v) is 2.66. The number of hydrogen-bond donors (Lipinski definition) is 3. The van der Waals surface area contributed by atoms with Crippen molar-refractivity contribution in [2.24, 2.45) is 11.5 Å². The van der Waals surface area contributed by atoms with Crippen LogP contribution in [0.5, 0.6) is 5.75 Å². The number of anilines is 1. The molecule has 0 heterocycles. The van der Waals surface area contributed by atoms with Crippen molar-refractivity contribution in [1.29, 1.82) is 0 Å². The van der Waals surface area contributed by atoms with E-state index in [1.807, 2.05) is 0 Å². The van der Waals surface area contributed by atoms with Crippen LogP contribution in [0.15, 0.2) is 53.4 Å². The molecule has 8 heteroatoms. The average Bonchev–Trinajstić information content (AvgIpc) is 2.46. The van der Waals surface area contributed by atoms with Gasteiger partial charge in [-0.15, -0.1) is 0 Å². The van der Waals surface area contributed by atoms with Gasteiger partial charge in [0.1, 0.15) is 10.6 Å². The molecule has 0 atom stereocenters. The highest BCUT2D eigenvalue weighted by atomic mass is 32.2. The van der Waals surface area contributed by atoms with Crippen molar-refractivity contribution < 1.29 is 17.4 Å². The summed E-state index contributed by atoms with van der Waals surface area (Å²) >= 11 is 0. The molecule has 2 amide bonds. The molecule has 0 aromatic heterocycles. The maximum atomic E-state index is 12.2. The zero-order chi connectivity index (χ0) is 16.2. The van der Waals surface area contributed by atoms with Gasteiger partial charge in [-0.1, -0.05) is 18.2 Å². The molecule has 0 radical (unpaired) electrons. The zero-order valence-corrected chi connectivity index (χ0v) is 12.3. The Balaban J connectivity index is 2.22. The molecule has 116 valence electrons. The lowest BCUT2D eigenvalue weighted by Crippen LogP contribution is -2.19. The monoisotopic (exact) mass is 321 g/mol. The largest absolute Gasteiger partial charge is 0.379 e. The number of nitrogens with one attached hydrogen (secondary N) is 1. The van der Waals surface area contributed by atoms with E-state index < -0.39 is 16.1 Å². The molecule has 0 aliphatic rings. The summed E-state index contributed by atoms with van der Waals surface area (Å²) in [5, 5.41) is 2.34. The topological polar surface area (TPSA) is 125 Å². The van der Waals surface area contributed by atoms with Crippen LogP contribution in [0.1, 0.15) is 5.56 Å². The van der Waals surface area contributed by atoms with E-state index >= 15 is 0 Å². The van der Waals surface area contributed by atoms with Crippen molar-refractivity contribution >= 4 is 21.8 Å². The molecule has 0 aliphatic carbocycles. The van der Waals surface area contributed by atoms with Gasteiger partial charge in [0.2, 0.25) is 0 Å². The second-order valence-corrected chi connectivity index (χ2v) is 5.95. The maximum Gasteiger partial charge on any atom is 0.339 e. The Bertz CT molecular complexity index is 773. The van der Waals surface area contributed by atoms with Gasteiger partial charge < -0.3 is 21.0 Å². The van der Waals surface area contributed by atoms with E-state index in [9.17, 15) is 13.2 Å². The first kappa shape index (κ1) is 15.8. The minimum Gasteiger partial charge on any atom is -0.379 e. The van der Waals surface area contributed by atoms with Crippen molar-refractivity contribution in [1.82, 2.24) is 0 Å². The van der Waals surface area contributed by atoms with Crippen LogP contribution in [0.2, 0.25) is 0 Å². The highest BCUT2D eigenvalue weighted by molar-refractivity contribution is 7.87. The summed E-state index contributed by atoms with van der Waals surface area (Å²) in [6, 6.07) is 11.2. The van der Waals surface area contributed by atoms with E-state index in [1.165, 1.54) is 30.3 Å². The van der Waals surface area contributed by atoms with E-state index in [0.29, 0.717) is 12.2 Å². The summed E-state index contributed by atoms with van der Waals surface area (Å²) in [7, 11) is -3.97. The molecule has 0 bridgehead atoms. The number of hydrogen-bond acceptors (Lipinski definition) is 5. The van der Waals surface area contributed by atoms with Gasteiger partial charge in [0.15, 0.2) is 0 Å². The van der Waals surface area contributed by atoms with Crippen LogP contribution in [0, 0.1) is 0 Å². The standard InChI is InChI=1S/C14H15N3O4S/c15-9-10-4-6-13(7-5-10)22(19,20)21-12-3-1-2-11(8-12)17-14(16)18/h1-8H,9,15H2,(H3,16,17,18). The average molecular weight is 321 g/mol. The molecular formula is C14H15N3O4S. The van der Waals surface area contributed by atoms with Crippen LogP contribution >= 0.6 is 0 Å². The third-order valence-corrected chi connectivity index (χ3v) is 4.02. The van der Waals surface area contributed by atoms with Gasteiger partial charge in [-0.05, 0) is 29.8 Å². The van der Waals surface area contributed by atoms with Gasteiger partial charge in [0.05, 0.1) is 0 Å². The van der Waals surface area contributed by atoms with Crippen LogP contribution in [-0.2, 0) is 16.7 Å². The Morgan fingerprint density at radius 3 is 2.41 bits per heavy atom. The molecule has 0 spiro atoms. The smallest absolute Gasteiger partial charge is 0.339 e. The van der Waals surface area contributed by atoms with Gasteiger partial charge in [-0.3, -0.25) is 0 Å². The van der Waals surface area contributed by atoms with Gasteiger partial charge in [0.25, 0.3) is 0 Å². The van der Waals surface area contributed by atoms with E-state index in [-0.39, 0.29) is 10.6 Å². The second-order valence-electron chi connectivity index (χ2n) is 4.40. The molecule has 2 aromatic carbocycles. The Hall–Kier alpha value is -2.58. The van der Waals surface area contributed by atoms with Gasteiger partial charge in [-0.2, -0.15) is 8.42 Å². The number of benzene rings is 2. The molecule has 0 fully saturated rings. The number of urea groups is 1. The Morgan fingerprint density at radius 2 is 1.82 bits per heavy atom. The second kappa shape index (κ2) is 6.46. The summed E-state index contributed by atoms with van der Waals surface area (Å²) in [5.41, 5.74) is 11.6. The first-order valence-electron chi connectivity index (χ1n) is 6.31. The van der Waals surface area contributed by atoms with Gasteiger partial charge in [0, 0.05) is 18.3 Å². The first-order valence-corrected chi connectivity index (χ1v) is 7.71. The quantitative estimate of drug-likeness (QED) is 0.718. The molecule has 0 saturated carbocycles. The molecule has 0 aliphatic heterocycles. The lowest BCUT2D eigenvalue weighted by molar-refractivity contribution is 0.259. The van der Waals surface area contributed by atoms with Gasteiger partial charge in [-0.25, -0.2) is 4.79 Å². The third-order valence-electron chi connectivity index (χ3n) is 2.76. The fourth-order valence-electron chi connectivity index (χ4n) is 1.73. The van der Waals surface area contributed by atoms with Crippen LogP contribution in [-0.4, -0.2) is 14.4 Å². The Labute approximate surface area is 128 Å². The van der Waals surface area contributed by atoms with Gasteiger partial charge >= 0.3 is 16.1 Å². The molecule has 7 nitrogen and oxygen atoms in total. The summed E-state index contributed by atoms with van der Waals surface area (Å²) in [6.07, 6.45) is 0. The van der Waals surface area contributed by atoms with Crippen molar-refractivity contribution in [3.63, 3.8) is 0 Å². The Morgan fingerprint density at radius 1 is 1.14 bits per heavy atom. The molecular weight excluding hydrogens is 306 g/mol. The molecule has 5 N–H and O–H groups in total. The van der Waals surface area contributed by atoms with Crippen molar-refractivity contribution in [3.8, 4) is 5.75 Å². The van der Waals surface area contributed by atoms with Crippen LogP contribution in [0.25, 0.3) is 0 Å². The number of carbonyl (C=O) groups is 1. The maximum absolute atomic E-state index is 12.2. The van der Waals surface area contributed by atoms with Crippen molar-refractivity contribution in [3.05, 3.63) is 54.1 Å². The van der Waals surface area contributed by atoms with E-state index in [1.54, 1.807) is 18.2 Å². The molecule has 22 heavy (non-hydrogen) atoms. The van der Waals surface area contributed by atoms with E-state index in [2.05, 4.69) is 5.32 Å². The number of nitrogens with two attached hydrogens (primary N) is 2. The molecule has 0 unspecified atom stereocenters. The highest BCUT2D eigenvalue weighted by Gasteiger charge is 2.16. The van der Waals surface area contributed by atoms with Crippen molar-refractivity contribution in [2.75, 3.05) is 5.32 Å². The summed E-state index contributed by atoms with van der Waals surface area (Å²) < 4.78 is 29.4. The number of primary amides is 1. The molecule has 2 rings (SSSR count). The van der Waals surface area contributed by atoms with Crippen LogP contribution in [0.4, 0.5) is 10.5 Å². The lowest BCUT2D eigenvalue weighted by atomic mass is 10.2.